The molecular formula is C25H26ClN5OS. The van der Waals surface area contributed by atoms with Gasteiger partial charge >= 0.3 is 0 Å². The molecule has 1 aromatic carbocycles. The van der Waals surface area contributed by atoms with Gasteiger partial charge in [0.05, 0.1) is 35.0 Å². The molecule has 0 bridgehead atoms. The van der Waals surface area contributed by atoms with Gasteiger partial charge in [-0.25, -0.2) is 9.97 Å². The number of pyridine rings is 1. The van der Waals surface area contributed by atoms with Crippen LogP contribution in [0.1, 0.15) is 42.3 Å². The summed E-state index contributed by atoms with van der Waals surface area (Å²) in [7, 11) is 0. The first-order valence-corrected chi connectivity index (χ1v) is 12.8. The molecule has 2 aliphatic heterocycles. The highest BCUT2D eigenvalue weighted by molar-refractivity contribution is 7.99. The molecule has 0 amide bonds. The highest BCUT2D eigenvalue weighted by Gasteiger charge is 2.31. The molecule has 8 heteroatoms. The highest BCUT2D eigenvalue weighted by Crippen LogP contribution is 2.43. The quantitative estimate of drug-likeness (QED) is 0.543. The summed E-state index contributed by atoms with van der Waals surface area (Å²) in [5.74, 6) is 0.928. The molecule has 6 rings (SSSR count). The molecule has 170 valence electrons. The number of fused-ring (bicyclic) bond motifs is 3. The van der Waals surface area contributed by atoms with Gasteiger partial charge in [0.25, 0.3) is 0 Å². The molecule has 0 saturated carbocycles. The topological polar surface area (TPSA) is 77.2 Å². The first-order valence-electron chi connectivity index (χ1n) is 11.6. The van der Waals surface area contributed by atoms with Gasteiger partial charge in [-0.1, -0.05) is 24.6 Å². The van der Waals surface area contributed by atoms with Gasteiger partial charge in [-0.15, -0.1) is 0 Å². The number of halogens is 1. The van der Waals surface area contributed by atoms with E-state index >= 15 is 0 Å². The van der Waals surface area contributed by atoms with Gasteiger partial charge in [-0.3, -0.25) is 4.98 Å². The Bertz CT molecular complexity index is 1290. The highest BCUT2D eigenvalue weighted by atomic mass is 35.5. The number of anilines is 1. The van der Waals surface area contributed by atoms with Crippen molar-refractivity contribution < 1.29 is 4.74 Å². The molecule has 2 aromatic heterocycles. The van der Waals surface area contributed by atoms with Crippen molar-refractivity contribution in [1.82, 2.24) is 15.0 Å². The zero-order valence-electron chi connectivity index (χ0n) is 18.6. The lowest BCUT2D eigenvalue weighted by molar-refractivity contribution is 0.109. The standard InChI is InChI=1S/C25H26ClN5OS/c1-2-14-10-21-22(23(14)26)24(31-7-5-17(27)12-31)30-25(29-21)33-18-4-3-15-9-16-13-32-8-6-19(16)28-20(15)11-18/h3-4,9,11,17H,2,5-8,10,12-13,27H2,1H3/t17-/m1/s1. The molecule has 33 heavy (non-hydrogen) atoms. The number of hydrogen-bond acceptors (Lipinski definition) is 7. The molecular weight excluding hydrogens is 454 g/mol. The zero-order valence-corrected chi connectivity index (χ0v) is 20.2. The SMILES string of the molecule is CCC1=C(Cl)c2c(nc(Sc3ccc4cc5c(nc4c3)CCOC5)nc2N2CC[C@@H](N)C2)C1. The predicted octanol–water partition coefficient (Wildman–Crippen LogP) is 4.70. The van der Waals surface area contributed by atoms with Crippen molar-refractivity contribution in [1.29, 1.82) is 0 Å². The molecule has 3 aliphatic rings. The van der Waals surface area contributed by atoms with Crippen LogP contribution in [0.2, 0.25) is 0 Å². The monoisotopic (exact) mass is 479 g/mol. The molecule has 3 aromatic rings. The van der Waals surface area contributed by atoms with Crippen LogP contribution in [-0.2, 0) is 24.2 Å². The Balaban J connectivity index is 1.37. The van der Waals surface area contributed by atoms with E-state index in [4.69, 9.17) is 37.0 Å². The van der Waals surface area contributed by atoms with Gasteiger partial charge in [0.1, 0.15) is 5.82 Å². The second kappa shape index (κ2) is 8.55. The summed E-state index contributed by atoms with van der Waals surface area (Å²) in [6.07, 6.45) is 3.55. The lowest BCUT2D eigenvalue weighted by atomic mass is 10.1. The number of aromatic nitrogens is 3. The number of nitrogens with two attached hydrogens (primary N) is 1. The molecule has 1 atom stereocenters. The van der Waals surface area contributed by atoms with Crippen LogP contribution in [0.3, 0.4) is 0 Å². The van der Waals surface area contributed by atoms with Crippen LogP contribution in [0.25, 0.3) is 15.9 Å². The molecule has 4 heterocycles. The maximum Gasteiger partial charge on any atom is 0.194 e. The Kier molecular flexibility index (Phi) is 5.53. The van der Waals surface area contributed by atoms with Crippen molar-refractivity contribution in [2.75, 3.05) is 24.6 Å². The fourth-order valence-electron chi connectivity index (χ4n) is 4.91. The van der Waals surface area contributed by atoms with Gasteiger partial charge in [0.2, 0.25) is 0 Å². The van der Waals surface area contributed by atoms with E-state index in [1.165, 1.54) is 11.1 Å². The van der Waals surface area contributed by atoms with E-state index in [1.807, 2.05) is 0 Å². The lowest BCUT2D eigenvalue weighted by Crippen LogP contribution is -2.28. The summed E-state index contributed by atoms with van der Waals surface area (Å²) in [5.41, 5.74) is 12.8. The van der Waals surface area contributed by atoms with Crippen LogP contribution in [0, 0.1) is 0 Å². The predicted molar refractivity (Wildman–Crippen MR) is 133 cm³/mol. The van der Waals surface area contributed by atoms with E-state index in [1.54, 1.807) is 11.8 Å². The van der Waals surface area contributed by atoms with Crippen molar-refractivity contribution in [2.24, 2.45) is 5.73 Å². The number of ether oxygens (including phenoxy) is 1. The summed E-state index contributed by atoms with van der Waals surface area (Å²) in [4.78, 5) is 18.2. The van der Waals surface area contributed by atoms with Gasteiger partial charge < -0.3 is 15.4 Å². The molecule has 2 N–H and O–H groups in total. The Labute approximate surface area is 202 Å². The average molecular weight is 480 g/mol. The maximum atomic E-state index is 6.78. The first kappa shape index (κ1) is 21.4. The molecule has 0 radical (unpaired) electrons. The summed E-state index contributed by atoms with van der Waals surface area (Å²) in [5, 5.41) is 2.70. The fraction of sp³-hybridized carbons (Fsp3) is 0.400. The van der Waals surface area contributed by atoms with Crippen LogP contribution >= 0.6 is 23.4 Å². The molecule has 6 nitrogen and oxygen atoms in total. The minimum absolute atomic E-state index is 0.171. The molecule has 1 fully saturated rings. The third-order valence-corrected chi connectivity index (χ3v) is 8.02. The molecule has 0 spiro atoms. The van der Waals surface area contributed by atoms with E-state index in [9.17, 15) is 0 Å². The minimum atomic E-state index is 0.171. The number of allylic oxidation sites excluding steroid dienone is 1. The Hall–Kier alpha value is -2.19. The van der Waals surface area contributed by atoms with Crippen LogP contribution in [0.5, 0.6) is 0 Å². The summed E-state index contributed by atoms with van der Waals surface area (Å²) in [6, 6.07) is 8.76. The van der Waals surface area contributed by atoms with Gasteiger partial charge in [-0.2, -0.15) is 0 Å². The largest absolute Gasteiger partial charge is 0.376 e. The number of hydrogen-bond donors (Lipinski definition) is 1. The first-order chi connectivity index (χ1) is 16.1. The zero-order chi connectivity index (χ0) is 22.5. The number of rotatable bonds is 4. The molecule has 0 unspecified atom stereocenters. The van der Waals surface area contributed by atoms with E-state index in [0.29, 0.717) is 6.61 Å². The van der Waals surface area contributed by atoms with Crippen molar-refractivity contribution >= 4 is 45.1 Å². The van der Waals surface area contributed by atoms with Crippen LogP contribution < -0.4 is 10.6 Å². The van der Waals surface area contributed by atoms with E-state index in [-0.39, 0.29) is 6.04 Å². The van der Waals surface area contributed by atoms with Crippen LogP contribution in [0.4, 0.5) is 5.82 Å². The summed E-state index contributed by atoms with van der Waals surface area (Å²) < 4.78 is 5.58. The Morgan fingerprint density at radius 2 is 2.12 bits per heavy atom. The fourth-order valence-corrected chi connectivity index (χ4v) is 6.11. The van der Waals surface area contributed by atoms with Crippen molar-refractivity contribution in [3.63, 3.8) is 0 Å². The summed E-state index contributed by atoms with van der Waals surface area (Å²) >= 11 is 8.37. The van der Waals surface area contributed by atoms with Crippen molar-refractivity contribution in [3.8, 4) is 0 Å². The molecule has 1 aliphatic carbocycles. The molecule has 1 saturated heterocycles. The lowest BCUT2D eigenvalue weighted by Gasteiger charge is -2.21. The van der Waals surface area contributed by atoms with Gasteiger partial charge in [-0.05, 0) is 53.9 Å². The smallest absolute Gasteiger partial charge is 0.194 e. The van der Waals surface area contributed by atoms with E-state index in [0.717, 1.165) is 94.1 Å². The van der Waals surface area contributed by atoms with E-state index < -0.39 is 0 Å². The average Bonchev–Trinajstić information content (AvgIpc) is 3.40. The number of benzene rings is 1. The van der Waals surface area contributed by atoms with Crippen LogP contribution in [-0.4, -0.2) is 40.7 Å². The Morgan fingerprint density at radius 3 is 2.94 bits per heavy atom. The normalized spacial score (nSPS) is 20.0. The van der Waals surface area contributed by atoms with Crippen molar-refractivity contribution in [3.05, 3.63) is 52.4 Å². The number of nitrogens with zero attached hydrogens (tertiary/aromatic N) is 4. The second-order valence-corrected chi connectivity index (χ2v) is 10.4. The van der Waals surface area contributed by atoms with E-state index in [2.05, 4.69) is 36.1 Å². The van der Waals surface area contributed by atoms with Crippen molar-refractivity contribution in [2.45, 2.75) is 55.3 Å². The van der Waals surface area contributed by atoms with Gasteiger partial charge in [0, 0.05) is 47.9 Å². The minimum Gasteiger partial charge on any atom is -0.376 e. The third kappa shape index (κ3) is 3.91. The van der Waals surface area contributed by atoms with Crippen LogP contribution in [0.15, 0.2) is 39.9 Å². The summed E-state index contributed by atoms with van der Waals surface area (Å²) in [6.45, 7) is 5.23. The Morgan fingerprint density at radius 1 is 1.21 bits per heavy atom. The second-order valence-electron chi connectivity index (χ2n) is 8.95. The maximum absolute atomic E-state index is 6.78. The van der Waals surface area contributed by atoms with Gasteiger partial charge in [0.15, 0.2) is 5.16 Å². The third-order valence-electron chi connectivity index (χ3n) is 6.71.